The Morgan fingerprint density at radius 3 is 0.658 bits per heavy atom. The van der Waals surface area contributed by atoms with Gasteiger partial charge in [0, 0.05) is 127 Å². The van der Waals surface area contributed by atoms with Gasteiger partial charge in [-0.05, 0) is 66.2 Å². The minimum atomic E-state index is -0.596. The number of esters is 4. The first-order valence-corrected chi connectivity index (χ1v) is 25.3. The molecule has 0 heterocycles. The zero-order valence-electron chi connectivity index (χ0n) is 44.6. The van der Waals surface area contributed by atoms with Crippen LogP contribution < -0.4 is 0 Å². The maximum atomic E-state index is 11.5. The third-order valence-corrected chi connectivity index (χ3v) is 9.17. The summed E-state index contributed by atoms with van der Waals surface area (Å²) in [6.07, 6.45) is 6.12. The Morgan fingerprint density at radius 2 is 0.452 bits per heavy atom. The minimum Gasteiger partial charge on any atom is -0.462 e. The van der Waals surface area contributed by atoms with Crippen molar-refractivity contribution >= 4 is 23.9 Å². The van der Waals surface area contributed by atoms with Crippen LogP contribution in [0.25, 0.3) is 0 Å². The lowest BCUT2D eigenvalue weighted by Crippen LogP contribution is -2.22. The molecule has 21 nitrogen and oxygen atoms in total. The molecular weight excluding hydrogens is 961 g/mol. The second kappa shape index (κ2) is 51.8. The SMILES string of the molecule is C=C(C)C(=O)OCCCOCCCOCOC(CCCOCCCC(OCOCCCOCCCOC(=O)C(=C)C)OCOCCCOCCCOC(=O)C(=C)C)OCOCCCOCCCOC(=O)C(=C)C. The van der Waals surface area contributed by atoms with Crippen LogP contribution in [-0.2, 0) is 99.7 Å². The number of carbonyl (C=O) groups excluding carboxylic acids is 4. The summed E-state index contributed by atoms with van der Waals surface area (Å²) in [5.74, 6) is -1.64. The van der Waals surface area contributed by atoms with Gasteiger partial charge in [0.25, 0.3) is 0 Å². The first-order chi connectivity index (χ1) is 35.3. The zero-order valence-corrected chi connectivity index (χ0v) is 44.6. The highest BCUT2D eigenvalue weighted by molar-refractivity contribution is 5.88. The third kappa shape index (κ3) is 49.0. The normalized spacial score (nSPS) is 11.3. The number of ether oxygens (including phenoxy) is 17. The quantitative estimate of drug-likeness (QED) is 0.0200. The minimum absolute atomic E-state index is 0.0149. The number of carbonyl (C=O) groups is 4. The van der Waals surface area contributed by atoms with Crippen molar-refractivity contribution in [2.45, 2.75) is 117 Å². The number of hydrogen-bond acceptors (Lipinski definition) is 21. The van der Waals surface area contributed by atoms with E-state index >= 15 is 0 Å². The van der Waals surface area contributed by atoms with E-state index in [1.807, 2.05) is 0 Å². The van der Waals surface area contributed by atoms with Crippen LogP contribution in [0, 0.1) is 0 Å². The Kier molecular flexibility index (Phi) is 49.2. The van der Waals surface area contributed by atoms with Gasteiger partial charge in [0.1, 0.15) is 27.2 Å². The van der Waals surface area contributed by atoms with Gasteiger partial charge in [-0.2, -0.15) is 0 Å². The fourth-order valence-electron chi connectivity index (χ4n) is 5.22. The summed E-state index contributed by atoms with van der Waals surface area (Å²) in [4.78, 5) is 45.8. The van der Waals surface area contributed by atoms with Crippen LogP contribution in [0.15, 0.2) is 48.6 Å². The van der Waals surface area contributed by atoms with E-state index in [0.29, 0.717) is 192 Å². The van der Waals surface area contributed by atoms with Gasteiger partial charge in [-0.15, -0.1) is 0 Å². The van der Waals surface area contributed by atoms with Crippen LogP contribution in [0.3, 0.4) is 0 Å². The van der Waals surface area contributed by atoms with Crippen LogP contribution >= 0.6 is 0 Å². The Balaban J connectivity index is 4.70. The fourth-order valence-corrected chi connectivity index (χ4v) is 5.22. The second-order valence-corrected chi connectivity index (χ2v) is 16.5. The Labute approximate surface area is 434 Å². The molecule has 0 saturated carbocycles. The maximum absolute atomic E-state index is 11.5. The van der Waals surface area contributed by atoms with Crippen LogP contribution in [0.5, 0.6) is 0 Å². The van der Waals surface area contributed by atoms with Crippen LogP contribution in [0.2, 0.25) is 0 Å². The molecule has 0 spiro atoms. The van der Waals surface area contributed by atoms with Gasteiger partial charge >= 0.3 is 23.9 Å². The van der Waals surface area contributed by atoms with E-state index in [-0.39, 0.29) is 53.6 Å². The predicted octanol–water partition coefficient (Wildman–Crippen LogP) is 6.84. The van der Waals surface area contributed by atoms with Crippen molar-refractivity contribution in [3.63, 3.8) is 0 Å². The molecule has 0 aliphatic rings. The predicted molar refractivity (Wildman–Crippen MR) is 268 cm³/mol. The van der Waals surface area contributed by atoms with Gasteiger partial charge in [0.05, 0.1) is 52.9 Å². The smallest absolute Gasteiger partial charge is 0.333 e. The zero-order chi connectivity index (χ0) is 53.8. The summed E-state index contributed by atoms with van der Waals surface area (Å²) < 4.78 is 94.6. The summed E-state index contributed by atoms with van der Waals surface area (Å²) in [5, 5.41) is 0. The highest BCUT2D eigenvalue weighted by Crippen LogP contribution is 2.10. The molecule has 0 aliphatic carbocycles. The van der Waals surface area contributed by atoms with Crippen molar-refractivity contribution in [2.75, 3.05) is 146 Å². The van der Waals surface area contributed by atoms with Crippen LogP contribution in [0.1, 0.15) is 105 Å². The van der Waals surface area contributed by atoms with Gasteiger partial charge < -0.3 is 80.5 Å². The van der Waals surface area contributed by atoms with E-state index in [9.17, 15) is 19.2 Å². The van der Waals surface area contributed by atoms with Gasteiger partial charge in [0.2, 0.25) is 0 Å². The lowest BCUT2D eigenvalue weighted by molar-refractivity contribution is -0.232. The molecule has 0 fully saturated rings. The molecule has 0 atom stereocenters. The summed E-state index contributed by atoms with van der Waals surface area (Å²) in [5.41, 5.74) is 1.45. The van der Waals surface area contributed by atoms with Crippen molar-refractivity contribution in [1.29, 1.82) is 0 Å². The molecule has 0 aromatic heterocycles. The largest absolute Gasteiger partial charge is 0.462 e. The van der Waals surface area contributed by atoms with E-state index in [1.165, 1.54) is 0 Å². The summed E-state index contributed by atoms with van der Waals surface area (Å²) in [7, 11) is 0. The maximum Gasteiger partial charge on any atom is 0.333 e. The first-order valence-electron chi connectivity index (χ1n) is 25.3. The van der Waals surface area contributed by atoms with Gasteiger partial charge in [-0.1, -0.05) is 26.3 Å². The van der Waals surface area contributed by atoms with Crippen molar-refractivity contribution < 1.29 is 99.7 Å². The topological polar surface area (TPSA) is 225 Å². The van der Waals surface area contributed by atoms with Crippen molar-refractivity contribution in [3.05, 3.63) is 48.6 Å². The highest BCUT2D eigenvalue weighted by Gasteiger charge is 2.13. The molecule has 0 unspecified atom stereocenters. The Hall–Kier alpha value is -3.68. The van der Waals surface area contributed by atoms with E-state index in [0.717, 1.165) is 0 Å². The van der Waals surface area contributed by atoms with Gasteiger partial charge in [-0.25, -0.2) is 19.2 Å². The first kappa shape index (κ1) is 69.3. The van der Waals surface area contributed by atoms with Crippen molar-refractivity contribution in [1.82, 2.24) is 0 Å². The molecule has 0 N–H and O–H groups in total. The van der Waals surface area contributed by atoms with Crippen molar-refractivity contribution in [3.8, 4) is 0 Å². The molecule has 0 aromatic rings. The standard InChI is InChI=1S/C52H90O21/c1-43(2)49(53)66-35-15-27-58-23-11-31-62-39-70-47(71-40-63-32-12-24-59-28-16-36-67-50(54)44(3)4)19-9-21-57-22-10-20-48(72-41-64-33-13-25-60-29-17-37-68-51(55)45(5)6)73-42-65-34-14-26-61-30-18-38-69-52(56)46(7)8/h47-48H,1,3,5,7,9-42H2,2,4,6,8H3. The molecule has 0 aromatic carbocycles. The van der Waals surface area contributed by atoms with Crippen LogP contribution in [-0.4, -0.2) is 183 Å². The lowest BCUT2D eigenvalue weighted by Gasteiger charge is -2.19. The number of rotatable bonds is 56. The Morgan fingerprint density at radius 1 is 0.274 bits per heavy atom. The number of hydrogen-bond donors (Lipinski definition) is 0. The van der Waals surface area contributed by atoms with Gasteiger partial charge in [0.15, 0.2) is 12.6 Å². The lowest BCUT2D eigenvalue weighted by atomic mass is 10.3. The fraction of sp³-hybridized carbons (Fsp3) is 0.769. The second-order valence-electron chi connectivity index (χ2n) is 16.5. The molecule has 0 saturated heterocycles. The Bertz CT molecular complexity index is 1240. The monoisotopic (exact) mass is 1050 g/mol. The molecule has 0 radical (unpaired) electrons. The molecule has 0 rings (SSSR count). The molecule has 424 valence electrons. The van der Waals surface area contributed by atoms with E-state index < -0.39 is 36.5 Å². The van der Waals surface area contributed by atoms with E-state index in [4.69, 9.17) is 80.5 Å². The van der Waals surface area contributed by atoms with E-state index in [1.54, 1.807) is 27.7 Å². The molecule has 0 bridgehead atoms. The average Bonchev–Trinajstić information content (AvgIpc) is 3.36. The molecule has 0 amide bonds. The molecule has 0 aliphatic heterocycles. The highest BCUT2D eigenvalue weighted by atomic mass is 16.8. The van der Waals surface area contributed by atoms with Crippen molar-refractivity contribution in [2.24, 2.45) is 0 Å². The summed E-state index contributed by atoms with van der Waals surface area (Å²) in [6.45, 7) is 28.2. The van der Waals surface area contributed by atoms with Gasteiger partial charge in [-0.3, -0.25) is 0 Å². The average molecular weight is 1050 g/mol. The summed E-state index contributed by atoms with van der Waals surface area (Å²) >= 11 is 0. The van der Waals surface area contributed by atoms with E-state index in [2.05, 4.69) is 26.3 Å². The van der Waals surface area contributed by atoms with Crippen LogP contribution in [0.4, 0.5) is 0 Å². The molecular formula is C52H90O21. The molecule has 21 heteroatoms. The molecule has 73 heavy (non-hydrogen) atoms. The third-order valence-electron chi connectivity index (χ3n) is 9.17. The summed E-state index contributed by atoms with van der Waals surface area (Å²) in [6, 6.07) is 0.